The number of para-hydroxylation sites is 4. The maximum Gasteiger partial charge on any atom is 0.320 e. The highest BCUT2D eigenvalue weighted by molar-refractivity contribution is 5.82. The van der Waals surface area contributed by atoms with Gasteiger partial charge in [-0.15, -0.1) is 0 Å². The van der Waals surface area contributed by atoms with E-state index < -0.39 is 24.7 Å². The van der Waals surface area contributed by atoms with Crippen LogP contribution >= 0.6 is 0 Å². The van der Waals surface area contributed by atoms with Gasteiger partial charge >= 0.3 is 6.55 Å². The molecule has 0 saturated carbocycles. The molecule has 3 atom stereocenters. The number of aromatic nitrogens is 2. The molecule has 1 amide bonds. The summed E-state index contributed by atoms with van der Waals surface area (Å²) in [5, 5.41) is 2.78. The fourth-order valence-corrected chi connectivity index (χ4v) is 3.47. The number of hydrogen-bond acceptors (Lipinski definition) is 4. The van der Waals surface area contributed by atoms with Gasteiger partial charge in [-0.1, -0.05) is 31.2 Å². The SMILES string of the molecule is C[C@H](CNC(=O)[C@H]1Oc2ccccc2O[C@@H]1C)c1nc2ccccc2n1C(F)F. The number of ether oxygens (including phenoxy) is 2. The van der Waals surface area contributed by atoms with Gasteiger partial charge in [-0.25, -0.2) is 4.98 Å². The van der Waals surface area contributed by atoms with Gasteiger partial charge in [0, 0.05) is 12.5 Å². The molecule has 0 spiro atoms. The van der Waals surface area contributed by atoms with Gasteiger partial charge < -0.3 is 14.8 Å². The van der Waals surface area contributed by atoms with Crippen molar-refractivity contribution in [2.75, 3.05) is 6.54 Å². The summed E-state index contributed by atoms with van der Waals surface area (Å²) in [5.74, 6) is 0.521. The molecule has 1 aromatic heterocycles. The lowest BCUT2D eigenvalue weighted by Gasteiger charge is -2.31. The molecule has 0 fully saturated rings. The van der Waals surface area contributed by atoms with E-state index in [4.69, 9.17) is 9.47 Å². The van der Waals surface area contributed by atoms with Gasteiger partial charge in [0.1, 0.15) is 11.9 Å². The summed E-state index contributed by atoms with van der Waals surface area (Å²) in [4.78, 5) is 17.0. The predicted octanol–water partition coefficient (Wildman–Crippen LogP) is 3.88. The van der Waals surface area contributed by atoms with Crippen LogP contribution in [0.2, 0.25) is 0 Å². The number of benzene rings is 2. The molecule has 1 aliphatic heterocycles. The number of hydrogen-bond donors (Lipinski definition) is 1. The molecule has 8 heteroatoms. The number of nitrogens with zero attached hydrogens (tertiary/aromatic N) is 2. The zero-order valence-corrected chi connectivity index (χ0v) is 16.0. The molecule has 4 rings (SSSR count). The molecule has 6 nitrogen and oxygen atoms in total. The zero-order valence-electron chi connectivity index (χ0n) is 16.0. The van der Waals surface area contributed by atoms with Crippen LogP contribution in [0.3, 0.4) is 0 Å². The van der Waals surface area contributed by atoms with Crippen LogP contribution in [0.15, 0.2) is 48.5 Å². The van der Waals surface area contributed by atoms with E-state index >= 15 is 0 Å². The fraction of sp³-hybridized carbons (Fsp3) is 0.333. The van der Waals surface area contributed by atoms with Crippen LogP contribution in [0.25, 0.3) is 11.0 Å². The Kier molecular flexibility index (Phi) is 5.08. The maximum absolute atomic E-state index is 13.6. The molecule has 0 bridgehead atoms. The largest absolute Gasteiger partial charge is 0.482 e. The molecule has 152 valence electrons. The number of amides is 1. The third-order valence-electron chi connectivity index (χ3n) is 4.94. The molecule has 0 radical (unpaired) electrons. The summed E-state index contributed by atoms with van der Waals surface area (Å²) in [6.07, 6.45) is -1.31. The lowest BCUT2D eigenvalue weighted by atomic mass is 10.1. The second-order valence-electron chi connectivity index (χ2n) is 7.06. The molecule has 2 heterocycles. The Morgan fingerprint density at radius 2 is 1.79 bits per heavy atom. The van der Waals surface area contributed by atoms with Crippen LogP contribution in [0, 0.1) is 0 Å². The summed E-state index contributed by atoms with van der Waals surface area (Å²) < 4.78 is 39.7. The van der Waals surface area contributed by atoms with E-state index in [2.05, 4.69) is 10.3 Å². The lowest BCUT2D eigenvalue weighted by molar-refractivity contribution is -0.133. The highest BCUT2D eigenvalue weighted by Gasteiger charge is 2.34. The third-order valence-corrected chi connectivity index (χ3v) is 4.94. The average molecular weight is 401 g/mol. The van der Waals surface area contributed by atoms with Crippen LogP contribution in [-0.4, -0.2) is 34.2 Å². The van der Waals surface area contributed by atoms with E-state index in [1.165, 1.54) is 0 Å². The fourth-order valence-electron chi connectivity index (χ4n) is 3.47. The summed E-state index contributed by atoms with van der Waals surface area (Å²) in [6, 6.07) is 13.9. The first-order chi connectivity index (χ1) is 14.0. The Bertz CT molecular complexity index is 1040. The standard InChI is InChI=1S/C21H21F2N3O3/c1-12(19-25-14-7-3-4-8-15(14)26(19)21(22)23)11-24-20(27)18-13(2)28-16-9-5-6-10-17(16)29-18/h3-10,12-13,18,21H,11H2,1-2H3,(H,24,27)/t12-,13-,18+/m1/s1. The zero-order chi connectivity index (χ0) is 20.5. The molecule has 2 aromatic carbocycles. The summed E-state index contributed by atoms with van der Waals surface area (Å²) in [5.41, 5.74) is 0.861. The molecule has 0 saturated heterocycles. The minimum Gasteiger partial charge on any atom is -0.482 e. The Morgan fingerprint density at radius 3 is 2.52 bits per heavy atom. The lowest BCUT2D eigenvalue weighted by Crippen LogP contribution is -2.49. The molecule has 0 aliphatic carbocycles. The number of fused-ring (bicyclic) bond motifs is 2. The van der Waals surface area contributed by atoms with Crippen molar-refractivity contribution in [3.05, 3.63) is 54.4 Å². The normalized spacial score (nSPS) is 19.3. The van der Waals surface area contributed by atoms with Crippen molar-refractivity contribution in [1.82, 2.24) is 14.9 Å². The highest BCUT2D eigenvalue weighted by Crippen LogP contribution is 2.33. The summed E-state index contributed by atoms with van der Waals surface area (Å²) in [6.45, 7) is 0.919. The Morgan fingerprint density at radius 1 is 1.14 bits per heavy atom. The van der Waals surface area contributed by atoms with E-state index in [1.54, 1.807) is 56.3 Å². The van der Waals surface area contributed by atoms with Gasteiger partial charge in [0.25, 0.3) is 5.91 Å². The second kappa shape index (κ2) is 7.69. The number of carbonyl (C=O) groups excluding carboxylic acids is 1. The molecule has 3 aromatic rings. The van der Waals surface area contributed by atoms with Crippen molar-refractivity contribution in [3.63, 3.8) is 0 Å². The number of nitrogens with one attached hydrogen (secondary N) is 1. The second-order valence-corrected chi connectivity index (χ2v) is 7.06. The van der Waals surface area contributed by atoms with E-state index in [1.807, 2.05) is 6.07 Å². The molecule has 1 N–H and O–H groups in total. The number of alkyl halides is 2. The average Bonchev–Trinajstić information content (AvgIpc) is 3.11. The van der Waals surface area contributed by atoms with E-state index in [0.29, 0.717) is 22.5 Å². The first-order valence-electron chi connectivity index (χ1n) is 9.40. The van der Waals surface area contributed by atoms with Crippen LogP contribution in [-0.2, 0) is 4.79 Å². The van der Waals surface area contributed by atoms with Crippen molar-refractivity contribution in [1.29, 1.82) is 0 Å². The smallest absolute Gasteiger partial charge is 0.320 e. The van der Waals surface area contributed by atoms with Crippen LogP contribution in [0.1, 0.15) is 32.1 Å². The van der Waals surface area contributed by atoms with Crippen LogP contribution in [0.4, 0.5) is 8.78 Å². The number of imidazole rings is 1. The molecule has 0 unspecified atom stereocenters. The van der Waals surface area contributed by atoms with Gasteiger partial charge in [-0.2, -0.15) is 8.78 Å². The van der Waals surface area contributed by atoms with Crippen molar-refractivity contribution in [2.24, 2.45) is 0 Å². The van der Waals surface area contributed by atoms with Crippen LogP contribution < -0.4 is 14.8 Å². The summed E-state index contributed by atoms with van der Waals surface area (Å²) in [7, 11) is 0. The third kappa shape index (κ3) is 3.62. The van der Waals surface area contributed by atoms with Crippen LogP contribution in [0.5, 0.6) is 11.5 Å². The topological polar surface area (TPSA) is 65.4 Å². The Hall–Kier alpha value is -3.16. The first kappa shape index (κ1) is 19.2. The monoisotopic (exact) mass is 401 g/mol. The molecular formula is C21H21F2N3O3. The van der Waals surface area contributed by atoms with Crippen molar-refractivity contribution < 1.29 is 23.0 Å². The van der Waals surface area contributed by atoms with Gasteiger partial charge in [0.15, 0.2) is 11.5 Å². The summed E-state index contributed by atoms with van der Waals surface area (Å²) >= 11 is 0. The minimum atomic E-state index is -2.72. The van der Waals surface area contributed by atoms with Gasteiger partial charge in [0.2, 0.25) is 6.10 Å². The van der Waals surface area contributed by atoms with E-state index in [9.17, 15) is 13.6 Å². The Labute approximate surface area is 166 Å². The van der Waals surface area contributed by atoms with Crippen molar-refractivity contribution in [2.45, 2.75) is 38.5 Å². The maximum atomic E-state index is 13.6. The number of rotatable bonds is 5. The van der Waals surface area contributed by atoms with Crippen molar-refractivity contribution in [3.8, 4) is 11.5 Å². The predicted molar refractivity (Wildman–Crippen MR) is 103 cm³/mol. The van der Waals surface area contributed by atoms with Crippen molar-refractivity contribution >= 4 is 16.9 Å². The first-order valence-corrected chi connectivity index (χ1v) is 9.40. The van der Waals surface area contributed by atoms with Gasteiger partial charge in [-0.3, -0.25) is 9.36 Å². The Balaban J connectivity index is 1.47. The van der Waals surface area contributed by atoms with Gasteiger partial charge in [-0.05, 0) is 31.2 Å². The molecule has 29 heavy (non-hydrogen) atoms. The minimum absolute atomic E-state index is 0.142. The highest BCUT2D eigenvalue weighted by atomic mass is 19.3. The molecule has 1 aliphatic rings. The number of halogens is 2. The van der Waals surface area contributed by atoms with Gasteiger partial charge in [0.05, 0.1) is 11.0 Å². The number of carbonyl (C=O) groups is 1. The van der Waals surface area contributed by atoms with E-state index in [0.717, 1.165) is 4.57 Å². The van der Waals surface area contributed by atoms with E-state index in [-0.39, 0.29) is 18.3 Å². The quantitative estimate of drug-likeness (QED) is 0.705. The molecular weight excluding hydrogens is 380 g/mol.